The molecule has 2 unspecified atom stereocenters. The van der Waals surface area contributed by atoms with Gasteiger partial charge in [-0.3, -0.25) is 9.52 Å². The highest BCUT2D eigenvalue weighted by atomic mass is 32.2. The molecule has 1 heterocycles. The first-order valence-corrected chi connectivity index (χ1v) is 10.9. The van der Waals surface area contributed by atoms with Crippen LogP contribution in [0.5, 0.6) is 0 Å². The average molecular weight is 432 g/mol. The maximum Gasteiger partial charge on any atom is 0.337 e. The summed E-state index contributed by atoms with van der Waals surface area (Å²) in [5.74, 6) is -0.826. The summed E-state index contributed by atoms with van der Waals surface area (Å²) in [6, 6.07) is 11.8. The molecule has 8 nitrogen and oxygen atoms in total. The van der Waals surface area contributed by atoms with E-state index >= 15 is 0 Å². The first-order chi connectivity index (χ1) is 14.2. The Balaban J connectivity index is 1.85. The van der Waals surface area contributed by atoms with Gasteiger partial charge in [0.1, 0.15) is 0 Å². The number of esters is 1. The van der Waals surface area contributed by atoms with Crippen LogP contribution in [0.4, 0.5) is 5.69 Å². The summed E-state index contributed by atoms with van der Waals surface area (Å²) in [4.78, 5) is 26.2. The Kier molecular flexibility index (Phi) is 6.42. The van der Waals surface area contributed by atoms with Gasteiger partial charge < -0.3 is 14.4 Å². The van der Waals surface area contributed by atoms with Crippen LogP contribution in [-0.2, 0) is 19.5 Å². The van der Waals surface area contributed by atoms with Crippen molar-refractivity contribution >= 4 is 27.6 Å². The quantitative estimate of drug-likeness (QED) is 0.729. The fourth-order valence-corrected chi connectivity index (χ4v) is 4.44. The van der Waals surface area contributed by atoms with Crippen LogP contribution < -0.4 is 4.72 Å². The Hall–Kier alpha value is -2.91. The van der Waals surface area contributed by atoms with Crippen molar-refractivity contribution in [3.63, 3.8) is 0 Å². The second-order valence-electron chi connectivity index (χ2n) is 7.13. The van der Waals surface area contributed by atoms with Crippen LogP contribution in [0.3, 0.4) is 0 Å². The molecule has 0 spiro atoms. The number of hydrogen-bond donors (Lipinski definition) is 1. The van der Waals surface area contributed by atoms with E-state index in [1.54, 1.807) is 29.2 Å². The van der Waals surface area contributed by atoms with Crippen molar-refractivity contribution in [3.05, 3.63) is 59.7 Å². The molecule has 160 valence electrons. The first kappa shape index (κ1) is 21.8. The third kappa shape index (κ3) is 4.80. The molecule has 30 heavy (non-hydrogen) atoms. The van der Waals surface area contributed by atoms with Crippen molar-refractivity contribution in [1.82, 2.24) is 4.90 Å². The summed E-state index contributed by atoms with van der Waals surface area (Å²) in [5, 5.41) is 0. The minimum Gasteiger partial charge on any atom is -0.465 e. The van der Waals surface area contributed by atoms with E-state index in [-0.39, 0.29) is 39.8 Å². The predicted octanol–water partition coefficient (Wildman–Crippen LogP) is 2.52. The Morgan fingerprint density at radius 1 is 1.03 bits per heavy atom. The normalized spacial score (nSPS) is 19.2. The highest BCUT2D eigenvalue weighted by Crippen LogP contribution is 2.23. The third-order valence-corrected chi connectivity index (χ3v) is 6.08. The van der Waals surface area contributed by atoms with E-state index in [4.69, 9.17) is 4.74 Å². The zero-order valence-electron chi connectivity index (χ0n) is 17.0. The number of nitrogens with zero attached hydrogens (tertiary/aromatic N) is 1. The lowest BCUT2D eigenvalue weighted by atomic mass is 10.1. The van der Waals surface area contributed by atoms with E-state index in [0.29, 0.717) is 13.1 Å². The van der Waals surface area contributed by atoms with Crippen molar-refractivity contribution in [2.75, 3.05) is 24.9 Å². The zero-order valence-corrected chi connectivity index (χ0v) is 17.8. The van der Waals surface area contributed by atoms with Crippen LogP contribution in [0, 0.1) is 0 Å². The van der Waals surface area contributed by atoms with Crippen LogP contribution in [0.2, 0.25) is 0 Å². The monoisotopic (exact) mass is 432 g/mol. The molecule has 1 N–H and O–H groups in total. The van der Waals surface area contributed by atoms with E-state index < -0.39 is 16.0 Å². The molecule has 1 aliphatic heterocycles. The number of anilines is 1. The number of amides is 1. The third-order valence-electron chi connectivity index (χ3n) is 4.69. The first-order valence-electron chi connectivity index (χ1n) is 9.46. The van der Waals surface area contributed by atoms with Crippen LogP contribution >= 0.6 is 0 Å². The number of hydrogen-bond acceptors (Lipinski definition) is 6. The summed E-state index contributed by atoms with van der Waals surface area (Å²) in [6.45, 7) is 4.64. The van der Waals surface area contributed by atoms with Gasteiger partial charge in [0.25, 0.3) is 15.9 Å². The molecule has 3 rings (SSSR count). The summed E-state index contributed by atoms with van der Waals surface area (Å²) < 4.78 is 38.4. The number of morpholine rings is 1. The number of para-hydroxylation sites is 1. The number of sulfonamides is 1. The molecule has 2 aromatic rings. The molecule has 1 aliphatic rings. The molecule has 0 radical (unpaired) electrons. The number of carbonyl (C=O) groups excluding carboxylic acids is 2. The number of nitrogens with one attached hydrogen (secondary N) is 1. The minimum atomic E-state index is -3.97. The fourth-order valence-electron chi connectivity index (χ4n) is 3.36. The van der Waals surface area contributed by atoms with Gasteiger partial charge in [-0.25, -0.2) is 13.2 Å². The average Bonchev–Trinajstić information content (AvgIpc) is 2.72. The van der Waals surface area contributed by atoms with E-state index in [9.17, 15) is 18.0 Å². The number of ether oxygens (including phenoxy) is 2. The largest absolute Gasteiger partial charge is 0.465 e. The molecule has 0 bridgehead atoms. The highest BCUT2D eigenvalue weighted by Gasteiger charge is 2.28. The number of benzene rings is 2. The Labute approximate surface area is 175 Å². The lowest BCUT2D eigenvalue weighted by molar-refractivity contribution is -0.0585. The van der Waals surface area contributed by atoms with Crippen molar-refractivity contribution in [1.29, 1.82) is 0 Å². The molecule has 1 amide bonds. The van der Waals surface area contributed by atoms with Gasteiger partial charge in [0.05, 0.1) is 41.0 Å². The highest BCUT2D eigenvalue weighted by molar-refractivity contribution is 7.92. The molecule has 0 aromatic heterocycles. The maximum atomic E-state index is 13.1. The predicted molar refractivity (Wildman–Crippen MR) is 111 cm³/mol. The molecule has 0 saturated carbocycles. The van der Waals surface area contributed by atoms with Gasteiger partial charge in [-0.15, -0.1) is 0 Å². The molecule has 1 fully saturated rings. The lowest BCUT2D eigenvalue weighted by Gasteiger charge is -2.35. The summed E-state index contributed by atoms with van der Waals surface area (Å²) in [7, 11) is -2.72. The van der Waals surface area contributed by atoms with Gasteiger partial charge in [-0.1, -0.05) is 12.1 Å². The van der Waals surface area contributed by atoms with Crippen LogP contribution in [0.25, 0.3) is 0 Å². The number of methoxy groups -OCH3 is 1. The Morgan fingerprint density at radius 2 is 1.63 bits per heavy atom. The van der Waals surface area contributed by atoms with Crippen LogP contribution in [0.15, 0.2) is 53.4 Å². The van der Waals surface area contributed by atoms with Gasteiger partial charge in [0.2, 0.25) is 0 Å². The van der Waals surface area contributed by atoms with E-state index in [0.717, 1.165) is 0 Å². The van der Waals surface area contributed by atoms with Crippen molar-refractivity contribution in [2.24, 2.45) is 0 Å². The number of carbonyl (C=O) groups is 2. The van der Waals surface area contributed by atoms with E-state index in [2.05, 4.69) is 9.46 Å². The van der Waals surface area contributed by atoms with Crippen molar-refractivity contribution in [2.45, 2.75) is 31.0 Å². The smallest absolute Gasteiger partial charge is 0.337 e. The second-order valence-corrected chi connectivity index (χ2v) is 8.82. The Bertz CT molecular complexity index is 1030. The molecule has 9 heteroatoms. The molecular weight excluding hydrogens is 408 g/mol. The zero-order chi connectivity index (χ0) is 21.9. The Morgan fingerprint density at radius 3 is 2.23 bits per heavy atom. The van der Waals surface area contributed by atoms with Gasteiger partial charge in [0, 0.05) is 13.1 Å². The van der Waals surface area contributed by atoms with Gasteiger partial charge >= 0.3 is 5.97 Å². The molecular formula is C21H24N2O6S. The fraction of sp³-hybridized carbons (Fsp3) is 0.333. The molecule has 1 saturated heterocycles. The minimum absolute atomic E-state index is 0.0361. The SMILES string of the molecule is COC(=O)c1ccc(S(=O)(=O)Nc2ccccc2C(=O)N2CC(C)OC(C)C2)cc1. The molecule has 2 atom stereocenters. The molecule has 2 aromatic carbocycles. The maximum absolute atomic E-state index is 13.1. The van der Waals surface area contributed by atoms with Crippen LogP contribution in [-0.4, -0.2) is 57.6 Å². The lowest BCUT2D eigenvalue weighted by Crippen LogP contribution is -2.48. The topological polar surface area (TPSA) is 102 Å². The van der Waals surface area contributed by atoms with E-state index in [1.165, 1.54) is 31.4 Å². The van der Waals surface area contributed by atoms with Gasteiger partial charge in [0.15, 0.2) is 0 Å². The second kappa shape index (κ2) is 8.85. The van der Waals surface area contributed by atoms with Crippen LogP contribution in [0.1, 0.15) is 34.6 Å². The van der Waals surface area contributed by atoms with Gasteiger partial charge in [-0.05, 0) is 50.2 Å². The van der Waals surface area contributed by atoms with Crippen molar-refractivity contribution in [3.8, 4) is 0 Å². The van der Waals surface area contributed by atoms with E-state index in [1.807, 2.05) is 13.8 Å². The summed E-state index contributed by atoms with van der Waals surface area (Å²) >= 11 is 0. The number of rotatable bonds is 5. The summed E-state index contributed by atoms with van der Waals surface area (Å²) in [6.07, 6.45) is -0.204. The molecule has 0 aliphatic carbocycles. The van der Waals surface area contributed by atoms with Gasteiger partial charge in [-0.2, -0.15) is 0 Å². The summed E-state index contributed by atoms with van der Waals surface area (Å²) in [5.41, 5.74) is 0.683. The van der Waals surface area contributed by atoms with Crippen molar-refractivity contribution < 1.29 is 27.5 Å². The standard InChI is InChI=1S/C21H24N2O6S/c1-14-12-23(13-15(2)29-14)20(24)18-6-4-5-7-19(18)22-30(26,27)17-10-8-16(9-11-17)21(25)28-3/h4-11,14-15,22H,12-13H2,1-3H3.